The van der Waals surface area contributed by atoms with Crippen molar-refractivity contribution in [2.45, 2.75) is 42.5 Å². The molecule has 0 saturated carbocycles. The third-order valence-corrected chi connectivity index (χ3v) is 5.96. The molecular formula is C20H24N4O6S2. The Balaban J connectivity index is 2.00. The smallest absolute Gasteiger partial charge is 0.338 e. The molecule has 0 unspecified atom stereocenters. The number of thiazole rings is 1. The Hall–Kier alpha value is -2.99. The number of ether oxygens (including phenoxy) is 1. The minimum atomic E-state index is -0.879. The van der Waals surface area contributed by atoms with E-state index in [1.54, 1.807) is 0 Å². The van der Waals surface area contributed by atoms with Gasteiger partial charge in [-0.15, -0.1) is 11.3 Å². The molecule has 2 rings (SSSR count). The van der Waals surface area contributed by atoms with Crippen molar-refractivity contribution in [3.05, 3.63) is 45.0 Å². The number of amides is 2. The number of benzene rings is 1. The number of hydrogen-bond acceptors (Lipinski definition) is 9. The van der Waals surface area contributed by atoms with Gasteiger partial charge >= 0.3 is 5.97 Å². The summed E-state index contributed by atoms with van der Waals surface area (Å²) in [6.07, 6.45) is 0. The molecule has 32 heavy (non-hydrogen) atoms. The molecule has 10 nitrogen and oxygen atoms in total. The molecule has 1 heterocycles. The van der Waals surface area contributed by atoms with Gasteiger partial charge in [-0.1, -0.05) is 11.8 Å². The Morgan fingerprint density at radius 2 is 2.00 bits per heavy atom. The maximum Gasteiger partial charge on any atom is 0.338 e. The van der Waals surface area contributed by atoms with Crippen molar-refractivity contribution in [2.75, 3.05) is 20.2 Å². The molecule has 1 aromatic heterocycles. The first-order valence-electron chi connectivity index (χ1n) is 9.46. The van der Waals surface area contributed by atoms with Crippen molar-refractivity contribution in [3.63, 3.8) is 0 Å². The number of nitro groups is 1. The average Bonchev–Trinajstić information content (AvgIpc) is 3.08. The summed E-state index contributed by atoms with van der Waals surface area (Å²) in [6, 6.07) is 3.94. The fourth-order valence-electron chi connectivity index (χ4n) is 2.43. The highest BCUT2D eigenvalue weighted by atomic mass is 32.2. The van der Waals surface area contributed by atoms with Crippen molar-refractivity contribution in [1.29, 1.82) is 0 Å². The molecular weight excluding hydrogens is 456 g/mol. The number of aryl methyl sites for hydroxylation is 1. The minimum Gasteiger partial charge on any atom is -0.452 e. The number of carbonyl (C=O) groups excluding carboxylic acids is 3. The second kappa shape index (κ2) is 10.6. The van der Waals surface area contributed by atoms with Gasteiger partial charge in [-0.05, 0) is 39.8 Å². The van der Waals surface area contributed by atoms with Crippen LogP contribution in [0.4, 0.5) is 5.69 Å². The second-order valence-corrected chi connectivity index (χ2v) is 10.1. The Kier molecular flexibility index (Phi) is 8.33. The van der Waals surface area contributed by atoms with Crippen LogP contribution in [0.3, 0.4) is 0 Å². The van der Waals surface area contributed by atoms with E-state index in [0.717, 1.165) is 28.4 Å². The van der Waals surface area contributed by atoms with Gasteiger partial charge < -0.3 is 15.0 Å². The van der Waals surface area contributed by atoms with Crippen LogP contribution >= 0.6 is 23.1 Å². The molecule has 0 aliphatic heterocycles. The lowest BCUT2D eigenvalue weighted by molar-refractivity contribution is -0.387. The van der Waals surface area contributed by atoms with Crippen molar-refractivity contribution in [1.82, 2.24) is 15.2 Å². The van der Waals surface area contributed by atoms with Crippen molar-refractivity contribution in [3.8, 4) is 0 Å². The van der Waals surface area contributed by atoms with E-state index < -0.39 is 28.9 Å². The highest BCUT2D eigenvalue weighted by molar-refractivity contribution is 8.01. The maximum atomic E-state index is 12.3. The summed E-state index contributed by atoms with van der Waals surface area (Å²) in [6.45, 7) is 6.48. The van der Waals surface area contributed by atoms with Gasteiger partial charge in [-0.2, -0.15) is 0 Å². The number of aromatic nitrogens is 1. The molecule has 0 spiro atoms. The number of nitrogens with one attached hydrogen (secondary N) is 1. The van der Waals surface area contributed by atoms with E-state index in [1.807, 2.05) is 33.1 Å². The normalized spacial score (nSPS) is 11.0. The van der Waals surface area contributed by atoms with E-state index in [2.05, 4.69) is 10.3 Å². The lowest BCUT2D eigenvalue weighted by Gasteiger charge is -2.23. The van der Waals surface area contributed by atoms with Gasteiger partial charge in [0.1, 0.15) is 0 Å². The molecule has 12 heteroatoms. The summed E-state index contributed by atoms with van der Waals surface area (Å²) in [7, 11) is 1.41. The summed E-state index contributed by atoms with van der Waals surface area (Å²) in [5.74, 6) is -1.81. The fourth-order valence-corrected chi connectivity index (χ4v) is 4.31. The van der Waals surface area contributed by atoms with E-state index in [1.165, 1.54) is 30.5 Å². The van der Waals surface area contributed by atoms with Crippen LogP contribution in [0.25, 0.3) is 0 Å². The van der Waals surface area contributed by atoms with E-state index in [0.29, 0.717) is 9.24 Å². The first kappa shape index (κ1) is 25.3. The molecule has 0 saturated heterocycles. The van der Waals surface area contributed by atoms with Crippen LogP contribution in [0.15, 0.2) is 32.8 Å². The highest BCUT2D eigenvalue weighted by Crippen LogP contribution is 2.36. The fraction of sp³-hybridized carbons (Fsp3) is 0.400. The van der Waals surface area contributed by atoms with Gasteiger partial charge in [0.25, 0.3) is 11.6 Å². The summed E-state index contributed by atoms with van der Waals surface area (Å²) >= 11 is 2.49. The van der Waals surface area contributed by atoms with E-state index in [4.69, 9.17) is 4.74 Å². The highest BCUT2D eigenvalue weighted by Gasteiger charge is 2.22. The number of nitrogens with zero attached hydrogens (tertiary/aromatic N) is 3. The molecule has 0 atom stereocenters. The number of likely N-dealkylation sites (N-methyl/N-ethyl adjacent to an activating group) is 1. The van der Waals surface area contributed by atoms with E-state index in [-0.39, 0.29) is 23.7 Å². The van der Waals surface area contributed by atoms with Crippen molar-refractivity contribution in [2.24, 2.45) is 0 Å². The molecule has 1 aromatic carbocycles. The predicted molar refractivity (Wildman–Crippen MR) is 120 cm³/mol. The zero-order chi connectivity index (χ0) is 24.1. The second-order valence-electron chi connectivity index (χ2n) is 7.92. The van der Waals surface area contributed by atoms with Crippen molar-refractivity contribution < 1.29 is 24.0 Å². The monoisotopic (exact) mass is 480 g/mol. The summed E-state index contributed by atoms with van der Waals surface area (Å²) in [5.41, 5.74) is 0.0492. The Labute approximate surface area is 193 Å². The van der Waals surface area contributed by atoms with Crippen LogP contribution in [0.2, 0.25) is 0 Å². The number of hydrogen-bond donors (Lipinski definition) is 1. The molecule has 0 aliphatic carbocycles. The quantitative estimate of drug-likeness (QED) is 0.346. The molecule has 0 radical (unpaired) electrons. The molecule has 0 bridgehead atoms. The summed E-state index contributed by atoms with van der Waals surface area (Å²) in [4.78, 5) is 53.0. The number of rotatable bonds is 8. The Bertz CT molecular complexity index is 1030. The first-order chi connectivity index (χ1) is 14.9. The SMILES string of the molecule is Cc1csc(Sc2ccc(C(=O)OCC(=O)N(C)CC(=O)NC(C)(C)C)cc2[N+](=O)[O-])n1. The average molecular weight is 481 g/mol. The summed E-state index contributed by atoms with van der Waals surface area (Å²) < 4.78 is 5.63. The molecule has 172 valence electrons. The lowest BCUT2D eigenvalue weighted by atomic mass is 10.1. The predicted octanol–water partition coefficient (Wildman–Crippen LogP) is 3.04. The zero-order valence-corrected chi connectivity index (χ0v) is 20.0. The van der Waals surface area contributed by atoms with Crippen LogP contribution in [0, 0.1) is 17.0 Å². The third-order valence-electron chi connectivity index (χ3n) is 3.83. The zero-order valence-electron chi connectivity index (χ0n) is 18.3. The Morgan fingerprint density at radius 3 is 2.56 bits per heavy atom. The lowest BCUT2D eigenvalue weighted by Crippen LogP contribution is -2.46. The Morgan fingerprint density at radius 1 is 1.31 bits per heavy atom. The van der Waals surface area contributed by atoms with Crippen LogP contribution in [-0.4, -0.2) is 58.3 Å². The van der Waals surface area contributed by atoms with Gasteiger partial charge in [0.2, 0.25) is 5.91 Å². The number of nitro benzene ring substituents is 1. The topological polar surface area (TPSA) is 132 Å². The number of esters is 1. The van der Waals surface area contributed by atoms with Crippen LogP contribution in [-0.2, 0) is 14.3 Å². The standard InChI is InChI=1S/C20H24N4O6S2/c1-12-11-31-19(21-12)32-15-7-6-13(8-14(15)24(28)29)18(27)30-10-17(26)23(5)9-16(25)22-20(2,3)4/h6-8,11H,9-10H2,1-5H3,(H,22,25). The van der Waals surface area contributed by atoms with Crippen LogP contribution in [0.5, 0.6) is 0 Å². The molecule has 1 N–H and O–H groups in total. The largest absolute Gasteiger partial charge is 0.452 e. The van der Waals surface area contributed by atoms with Crippen molar-refractivity contribution >= 4 is 46.6 Å². The third kappa shape index (κ3) is 7.61. The molecule has 0 aliphatic rings. The van der Waals surface area contributed by atoms with Gasteiger partial charge in [0, 0.05) is 29.7 Å². The molecule has 2 aromatic rings. The maximum absolute atomic E-state index is 12.3. The van der Waals surface area contributed by atoms with Gasteiger partial charge in [-0.3, -0.25) is 19.7 Å². The summed E-state index contributed by atoms with van der Waals surface area (Å²) in [5, 5.41) is 16.0. The van der Waals surface area contributed by atoms with E-state index in [9.17, 15) is 24.5 Å². The van der Waals surface area contributed by atoms with Gasteiger partial charge in [-0.25, -0.2) is 9.78 Å². The van der Waals surface area contributed by atoms with Crippen LogP contribution in [0.1, 0.15) is 36.8 Å². The number of carbonyl (C=O) groups is 3. The molecule has 0 fully saturated rings. The van der Waals surface area contributed by atoms with Gasteiger partial charge in [0.05, 0.1) is 21.9 Å². The first-order valence-corrected chi connectivity index (χ1v) is 11.2. The van der Waals surface area contributed by atoms with Crippen LogP contribution < -0.4 is 5.32 Å². The van der Waals surface area contributed by atoms with Gasteiger partial charge in [0.15, 0.2) is 10.9 Å². The molecule has 2 amide bonds. The minimum absolute atomic E-state index is 0.0581. The van der Waals surface area contributed by atoms with E-state index >= 15 is 0 Å².